The average Bonchev–Trinajstić information content (AvgIpc) is 2.75. The van der Waals surface area contributed by atoms with Crippen molar-refractivity contribution in [1.29, 1.82) is 0 Å². The zero-order chi connectivity index (χ0) is 23.3. The minimum atomic E-state index is 0.300. The standard InChI is InChI=1S/C30H46O2/c1-23(2)11-8-12-24(3)13-9-14-25(4)15-10-16-26(5)21-22-32-30-20-19-29(31)27-17-6-7-18-28(27)30/h6-7,17-21,23-25,31H,8-16,22H2,1-5H3. The van der Waals surface area contributed by atoms with Gasteiger partial charge in [0.15, 0.2) is 0 Å². The van der Waals surface area contributed by atoms with Crippen molar-refractivity contribution < 1.29 is 9.84 Å². The number of benzene rings is 2. The third kappa shape index (κ3) is 9.67. The Morgan fingerprint density at radius 1 is 0.812 bits per heavy atom. The second kappa shape index (κ2) is 14.2. The molecule has 0 aliphatic heterocycles. The van der Waals surface area contributed by atoms with Gasteiger partial charge in [-0.05, 0) is 55.7 Å². The maximum atomic E-state index is 10.0. The van der Waals surface area contributed by atoms with E-state index in [1.807, 2.05) is 30.3 Å². The summed E-state index contributed by atoms with van der Waals surface area (Å²) in [4.78, 5) is 0. The van der Waals surface area contributed by atoms with Crippen molar-refractivity contribution in [2.45, 2.75) is 92.4 Å². The lowest BCUT2D eigenvalue weighted by Gasteiger charge is -2.15. The predicted molar refractivity (Wildman–Crippen MR) is 140 cm³/mol. The first-order chi connectivity index (χ1) is 15.4. The van der Waals surface area contributed by atoms with Crippen molar-refractivity contribution in [2.75, 3.05) is 6.61 Å². The van der Waals surface area contributed by atoms with Crippen LogP contribution in [0.1, 0.15) is 92.4 Å². The summed E-state index contributed by atoms with van der Waals surface area (Å²) in [5.41, 5.74) is 1.40. The number of allylic oxidation sites excluding steroid dienone is 1. The summed E-state index contributed by atoms with van der Waals surface area (Å²) in [6.07, 6.45) is 14.2. The number of rotatable bonds is 15. The number of hydrogen-bond donors (Lipinski definition) is 1. The van der Waals surface area contributed by atoms with Crippen molar-refractivity contribution in [3.05, 3.63) is 48.0 Å². The Balaban J connectivity index is 1.62. The van der Waals surface area contributed by atoms with Crippen LogP contribution < -0.4 is 4.74 Å². The van der Waals surface area contributed by atoms with Crippen LogP contribution in [0.15, 0.2) is 48.0 Å². The van der Waals surface area contributed by atoms with Gasteiger partial charge in [0.2, 0.25) is 0 Å². The summed E-state index contributed by atoms with van der Waals surface area (Å²) in [5.74, 6) is 3.69. The van der Waals surface area contributed by atoms with E-state index in [-0.39, 0.29) is 0 Å². The van der Waals surface area contributed by atoms with Crippen LogP contribution in [0.25, 0.3) is 10.8 Å². The first-order valence-corrected chi connectivity index (χ1v) is 12.9. The van der Waals surface area contributed by atoms with Gasteiger partial charge in [0.1, 0.15) is 18.1 Å². The van der Waals surface area contributed by atoms with Crippen LogP contribution in [0, 0.1) is 17.8 Å². The molecule has 2 rings (SSSR count). The fraction of sp³-hybridized carbons (Fsp3) is 0.600. The number of phenolic OH excluding ortho intramolecular Hbond substituents is 1. The van der Waals surface area contributed by atoms with Crippen molar-refractivity contribution >= 4 is 10.8 Å². The molecule has 0 aromatic heterocycles. The van der Waals surface area contributed by atoms with Gasteiger partial charge in [-0.25, -0.2) is 0 Å². The van der Waals surface area contributed by atoms with Gasteiger partial charge in [0.25, 0.3) is 0 Å². The molecule has 2 heteroatoms. The molecule has 2 aromatic carbocycles. The fourth-order valence-electron chi connectivity index (χ4n) is 4.46. The van der Waals surface area contributed by atoms with Gasteiger partial charge >= 0.3 is 0 Å². The molecule has 178 valence electrons. The van der Waals surface area contributed by atoms with E-state index < -0.39 is 0 Å². The van der Waals surface area contributed by atoms with E-state index in [0.717, 1.165) is 40.7 Å². The van der Waals surface area contributed by atoms with Crippen LogP contribution in [0.5, 0.6) is 11.5 Å². The van der Waals surface area contributed by atoms with E-state index in [9.17, 15) is 5.11 Å². The molecule has 0 amide bonds. The molecule has 0 bridgehead atoms. The van der Waals surface area contributed by atoms with Crippen molar-refractivity contribution in [3.63, 3.8) is 0 Å². The number of ether oxygens (including phenoxy) is 1. The molecule has 1 N–H and O–H groups in total. The van der Waals surface area contributed by atoms with Crippen LogP contribution in [-0.2, 0) is 0 Å². The predicted octanol–water partition coefficient (Wildman–Crippen LogP) is 9.31. The van der Waals surface area contributed by atoms with Crippen LogP contribution in [0.4, 0.5) is 0 Å². The maximum Gasteiger partial charge on any atom is 0.127 e. The lowest BCUT2D eigenvalue weighted by molar-refractivity contribution is 0.365. The van der Waals surface area contributed by atoms with Crippen molar-refractivity contribution in [1.82, 2.24) is 0 Å². The summed E-state index contributed by atoms with van der Waals surface area (Å²) in [5, 5.41) is 11.8. The topological polar surface area (TPSA) is 29.5 Å². The molecule has 0 heterocycles. The number of phenols is 1. The van der Waals surface area contributed by atoms with Crippen molar-refractivity contribution in [3.8, 4) is 11.5 Å². The SMILES string of the molecule is CC(=CCOc1ccc(O)c2ccccc12)CCCC(C)CCCC(C)CCCC(C)C. The molecule has 0 radical (unpaired) electrons. The summed E-state index contributed by atoms with van der Waals surface area (Å²) in [6.45, 7) is 12.3. The molecule has 2 nitrogen and oxygen atoms in total. The highest BCUT2D eigenvalue weighted by Gasteiger charge is 2.07. The lowest BCUT2D eigenvalue weighted by atomic mass is 9.91. The number of fused-ring (bicyclic) bond motifs is 1. The van der Waals surface area contributed by atoms with E-state index in [1.54, 1.807) is 6.07 Å². The summed E-state index contributed by atoms with van der Waals surface area (Å²) >= 11 is 0. The summed E-state index contributed by atoms with van der Waals surface area (Å²) < 4.78 is 6.00. The fourth-order valence-corrected chi connectivity index (χ4v) is 4.46. The zero-order valence-electron chi connectivity index (χ0n) is 21.2. The molecule has 0 aliphatic carbocycles. The molecule has 32 heavy (non-hydrogen) atoms. The maximum absolute atomic E-state index is 10.0. The largest absolute Gasteiger partial charge is 0.507 e. The summed E-state index contributed by atoms with van der Waals surface area (Å²) in [7, 11) is 0. The van der Waals surface area contributed by atoms with Crippen LogP contribution in [-0.4, -0.2) is 11.7 Å². The second-order valence-corrected chi connectivity index (χ2v) is 10.3. The average molecular weight is 439 g/mol. The van der Waals surface area contributed by atoms with Gasteiger partial charge in [0, 0.05) is 10.8 Å². The minimum absolute atomic E-state index is 0.300. The van der Waals surface area contributed by atoms with E-state index in [0.29, 0.717) is 12.4 Å². The van der Waals surface area contributed by atoms with E-state index in [1.165, 1.54) is 56.9 Å². The van der Waals surface area contributed by atoms with Crippen LogP contribution in [0.2, 0.25) is 0 Å². The molecule has 0 aliphatic rings. The first-order valence-electron chi connectivity index (χ1n) is 12.9. The quantitative estimate of drug-likeness (QED) is 0.281. The third-order valence-electron chi connectivity index (χ3n) is 6.67. The molecule has 2 aromatic rings. The highest BCUT2D eigenvalue weighted by molar-refractivity contribution is 5.92. The number of hydrogen-bond acceptors (Lipinski definition) is 2. The first kappa shape index (κ1) is 26.3. The van der Waals surface area contributed by atoms with E-state index in [4.69, 9.17) is 4.74 Å². The second-order valence-electron chi connectivity index (χ2n) is 10.3. The van der Waals surface area contributed by atoms with Gasteiger partial charge in [-0.2, -0.15) is 0 Å². The van der Waals surface area contributed by atoms with Crippen molar-refractivity contribution in [2.24, 2.45) is 17.8 Å². The lowest BCUT2D eigenvalue weighted by Crippen LogP contribution is -2.00. The monoisotopic (exact) mass is 438 g/mol. The van der Waals surface area contributed by atoms with E-state index in [2.05, 4.69) is 40.7 Å². The number of aromatic hydroxyl groups is 1. The molecule has 0 saturated heterocycles. The molecule has 0 spiro atoms. The molecular formula is C30H46O2. The Morgan fingerprint density at radius 2 is 1.41 bits per heavy atom. The minimum Gasteiger partial charge on any atom is -0.507 e. The van der Waals surface area contributed by atoms with Gasteiger partial charge in [-0.3, -0.25) is 0 Å². The van der Waals surface area contributed by atoms with E-state index >= 15 is 0 Å². The Kier molecular flexibility index (Phi) is 11.7. The normalized spacial score (nSPS) is 14.1. The molecule has 0 saturated carbocycles. The summed E-state index contributed by atoms with van der Waals surface area (Å²) in [6, 6.07) is 11.4. The Bertz CT molecular complexity index is 821. The Morgan fingerprint density at radius 3 is 2.06 bits per heavy atom. The highest BCUT2D eigenvalue weighted by atomic mass is 16.5. The Hall–Kier alpha value is -1.96. The molecule has 2 unspecified atom stereocenters. The van der Waals surface area contributed by atoms with Gasteiger partial charge in [0.05, 0.1) is 0 Å². The van der Waals surface area contributed by atoms with Crippen LogP contribution >= 0.6 is 0 Å². The highest BCUT2D eigenvalue weighted by Crippen LogP contribution is 2.32. The molecular weight excluding hydrogens is 392 g/mol. The van der Waals surface area contributed by atoms with Gasteiger partial charge in [-0.1, -0.05) is 102 Å². The zero-order valence-corrected chi connectivity index (χ0v) is 21.2. The molecule has 0 fully saturated rings. The smallest absolute Gasteiger partial charge is 0.127 e. The Labute approximate surface area is 197 Å². The van der Waals surface area contributed by atoms with Gasteiger partial charge < -0.3 is 9.84 Å². The molecule has 2 atom stereocenters. The van der Waals surface area contributed by atoms with Crippen LogP contribution in [0.3, 0.4) is 0 Å². The van der Waals surface area contributed by atoms with Gasteiger partial charge in [-0.15, -0.1) is 0 Å². The third-order valence-corrected chi connectivity index (χ3v) is 6.67.